The molecule has 1 N–H and O–H groups in total. The van der Waals surface area contributed by atoms with E-state index in [1.165, 1.54) is 0 Å². The molecule has 5 nitrogen and oxygen atoms in total. The fourth-order valence-corrected chi connectivity index (χ4v) is 1.80. The van der Waals surface area contributed by atoms with Gasteiger partial charge in [-0.15, -0.1) is 0 Å². The fourth-order valence-electron chi connectivity index (χ4n) is 1.80. The number of aromatic nitrogens is 2. The van der Waals surface area contributed by atoms with Crippen molar-refractivity contribution >= 4 is 17.1 Å². The summed E-state index contributed by atoms with van der Waals surface area (Å²) in [4.78, 5) is 10.6. The molecule has 92 valence electrons. The third-order valence-electron chi connectivity index (χ3n) is 2.76. The van der Waals surface area contributed by atoms with Crippen LogP contribution in [0.15, 0.2) is 10.5 Å². The van der Waals surface area contributed by atoms with Gasteiger partial charge in [0.1, 0.15) is 17.0 Å². The second kappa shape index (κ2) is 4.24. The van der Waals surface area contributed by atoms with Crippen LogP contribution in [0.1, 0.15) is 37.6 Å². The predicted octanol–water partition coefficient (Wildman–Crippen LogP) is 2.31. The van der Waals surface area contributed by atoms with Gasteiger partial charge in [0.2, 0.25) is 0 Å². The second-order valence-corrected chi connectivity index (χ2v) is 4.48. The Kier molecular flexibility index (Phi) is 2.92. The van der Waals surface area contributed by atoms with Crippen molar-refractivity contribution in [2.45, 2.75) is 32.6 Å². The molecule has 17 heavy (non-hydrogen) atoms. The van der Waals surface area contributed by atoms with E-state index in [0.29, 0.717) is 12.3 Å². The monoisotopic (exact) mass is 236 g/mol. The maximum Gasteiger partial charge on any atom is 0.303 e. The highest BCUT2D eigenvalue weighted by Gasteiger charge is 2.16. The molecule has 0 unspecified atom stereocenters. The molecule has 5 heteroatoms. The highest BCUT2D eigenvalue weighted by Crippen LogP contribution is 2.27. The first-order valence-corrected chi connectivity index (χ1v) is 5.66. The van der Waals surface area contributed by atoms with Crippen molar-refractivity contribution in [3.63, 3.8) is 0 Å². The highest BCUT2D eigenvalue weighted by atomic mass is 16.4. The molecule has 2 aromatic heterocycles. The SMILES string of the molecule is CC(C)c1cc2c(o1)c(CCC(=O)O)nn2C. The Labute approximate surface area is 99.0 Å². The Hall–Kier alpha value is -1.78. The van der Waals surface area contributed by atoms with Crippen LogP contribution in [0.25, 0.3) is 11.1 Å². The fraction of sp³-hybridized carbons (Fsp3) is 0.500. The average molecular weight is 236 g/mol. The van der Waals surface area contributed by atoms with E-state index in [-0.39, 0.29) is 6.42 Å². The first kappa shape index (κ1) is 11.7. The van der Waals surface area contributed by atoms with E-state index in [2.05, 4.69) is 18.9 Å². The zero-order valence-electron chi connectivity index (χ0n) is 10.2. The smallest absolute Gasteiger partial charge is 0.303 e. The van der Waals surface area contributed by atoms with Crippen molar-refractivity contribution in [3.05, 3.63) is 17.5 Å². The minimum atomic E-state index is -0.820. The van der Waals surface area contributed by atoms with Crippen LogP contribution in [0.2, 0.25) is 0 Å². The van der Waals surface area contributed by atoms with Gasteiger partial charge in [-0.05, 0) is 0 Å². The zero-order chi connectivity index (χ0) is 12.6. The van der Waals surface area contributed by atoms with Gasteiger partial charge in [0, 0.05) is 25.5 Å². The number of nitrogens with zero attached hydrogens (tertiary/aromatic N) is 2. The van der Waals surface area contributed by atoms with Crippen molar-refractivity contribution in [1.29, 1.82) is 0 Å². The first-order valence-electron chi connectivity index (χ1n) is 5.66. The van der Waals surface area contributed by atoms with Crippen molar-refractivity contribution < 1.29 is 14.3 Å². The Morgan fingerprint density at radius 2 is 2.29 bits per heavy atom. The zero-order valence-corrected chi connectivity index (χ0v) is 10.2. The molecule has 0 saturated carbocycles. The van der Waals surface area contributed by atoms with Crippen LogP contribution in [-0.2, 0) is 18.3 Å². The minimum Gasteiger partial charge on any atom is -0.481 e. The topological polar surface area (TPSA) is 68.3 Å². The molecule has 0 saturated heterocycles. The number of furan rings is 1. The lowest BCUT2D eigenvalue weighted by Gasteiger charge is -1.98. The maximum absolute atomic E-state index is 10.6. The average Bonchev–Trinajstić information content (AvgIpc) is 2.77. The van der Waals surface area contributed by atoms with Gasteiger partial charge in [-0.25, -0.2) is 0 Å². The molecular weight excluding hydrogens is 220 g/mol. The van der Waals surface area contributed by atoms with E-state index in [1.54, 1.807) is 4.68 Å². The number of aliphatic carboxylic acids is 1. The van der Waals surface area contributed by atoms with Crippen LogP contribution in [0, 0.1) is 0 Å². The van der Waals surface area contributed by atoms with Gasteiger partial charge < -0.3 is 9.52 Å². The summed E-state index contributed by atoms with van der Waals surface area (Å²) in [6.07, 6.45) is 0.474. The lowest BCUT2D eigenvalue weighted by molar-refractivity contribution is -0.136. The van der Waals surface area contributed by atoms with E-state index in [4.69, 9.17) is 9.52 Å². The van der Waals surface area contributed by atoms with Gasteiger partial charge >= 0.3 is 5.97 Å². The molecule has 0 radical (unpaired) electrons. The van der Waals surface area contributed by atoms with Crippen molar-refractivity contribution in [3.8, 4) is 0 Å². The number of carboxylic acids is 1. The summed E-state index contributed by atoms with van der Waals surface area (Å²) < 4.78 is 7.48. The molecule has 2 heterocycles. The van der Waals surface area contributed by atoms with Crippen LogP contribution in [0.5, 0.6) is 0 Å². The van der Waals surface area contributed by atoms with Crippen LogP contribution in [0.4, 0.5) is 0 Å². The van der Waals surface area contributed by atoms with Crippen LogP contribution in [-0.4, -0.2) is 20.9 Å². The van der Waals surface area contributed by atoms with Gasteiger partial charge in [-0.3, -0.25) is 9.48 Å². The lowest BCUT2D eigenvalue weighted by atomic mass is 10.1. The normalized spacial score (nSPS) is 11.5. The first-order chi connectivity index (χ1) is 7.99. The molecular formula is C12H16N2O3. The summed E-state index contributed by atoms with van der Waals surface area (Å²) in [5, 5.41) is 13.0. The number of carboxylic acid groups (broad SMARTS) is 1. The van der Waals surface area contributed by atoms with Crippen molar-refractivity contribution in [2.24, 2.45) is 7.05 Å². The van der Waals surface area contributed by atoms with Crippen molar-refractivity contribution in [2.75, 3.05) is 0 Å². The van der Waals surface area contributed by atoms with Crippen molar-refractivity contribution in [1.82, 2.24) is 9.78 Å². The predicted molar refractivity (Wildman–Crippen MR) is 63.0 cm³/mol. The summed E-state index contributed by atoms with van der Waals surface area (Å²) in [6.45, 7) is 4.12. The van der Waals surface area contributed by atoms with E-state index >= 15 is 0 Å². The molecule has 2 aromatic rings. The summed E-state index contributed by atoms with van der Waals surface area (Å²) in [5.41, 5.74) is 2.36. The number of rotatable bonds is 4. The second-order valence-electron chi connectivity index (χ2n) is 4.48. The number of aryl methyl sites for hydroxylation is 2. The Bertz CT molecular complexity index is 551. The van der Waals surface area contributed by atoms with Gasteiger partial charge in [0.05, 0.1) is 6.42 Å². The molecule has 2 rings (SSSR count). The molecule has 0 atom stereocenters. The van der Waals surface area contributed by atoms with Crippen LogP contribution in [0.3, 0.4) is 0 Å². The van der Waals surface area contributed by atoms with Gasteiger partial charge in [0.15, 0.2) is 5.58 Å². The lowest BCUT2D eigenvalue weighted by Crippen LogP contribution is -1.99. The summed E-state index contributed by atoms with van der Waals surface area (Å²) >= 11 is 0. The minimum absolute atomic E-state index is 0.0732. The van der Waals surface area contributed by atoms with E-state index in [0.717, 1.165) is 22.6 Å². The van der Waals surface area contributed by atoms with Gasteiger partial charge in [0.25, 0.3) is 0 Å². The number of fused-ring (bicyclic) bond motifs is 1. The third kappa shape index (κ3) is 2.18. The molecule has 0 aromatic carbocycles. The Morgan fingerprint density at radius 1 is 1.59 bits per heavy atom. The maximum atomic E-state index is 10.6. The van der Waals surface area contributed by atoms with Gasteiger partial charge in [-0.1, -0.05) is 13.8 Å². The molecule has 0 aliphatic heterocycles. The molecule has 0 bridgehead atoms. The van der Waals surface area contributed by atoms with Gasteiger partial charge in [-0.2, -0.15) is 5.10 Å². The number of hydrogen-bond donors (Lipinski definition) is 1. The van der Waals surface area contributed by atoms with E-state index in [9.17, 15) is 4.79 Å². The summed E-state index contributed by atoms with van der Waals surface area (Å²) in [6, 6.07) is 1.97. The summed E-state index contributed by atoms with van der Waals surface area (Å²) in [7, 11) is 1.84. The standard InChI is InChI=1S/C12H16N2O3/c1-7(2)10-6-9-12(17-10)8(13-14(9)3)4-5-11(15)16/h6-7H,4-5H2,1-3H3,(H,15,16). The third-order valence-corrected chi connectivity index (χ3v) is 2.76. The Morgan fingerprint density at radius 3 is 2.88 bits per heavy atom. The van der Waals surface area contributed by atoms with E-state index < -0.39 is 5.97 Å². The number of carbonyl (C=O) groups is 1. The quantitative estimate of drug-likeness (QED) is 0.884. The Balaban J connectivity index is 2.39. The van der Waals surface area contributed by atoms with E-state index in [1.807, 2.05) is 13.1 Å². The largest absolute Gasteiger partial charge is 0.481 e. The summed E-state index contributed by atoms with van der Waals surface area (Å²) in [5.74, 6) is 0.402. The molecule has 0 fully saturated rings. The highest BCUT2D eigenvalue weighted by molar-refractivity contribution is 5.77. The molecule has 0 aliphatic carbocycles. The number of hydrogen-bond acceptors (Lipinski definition) is 3. The van der Waals surface area contributed by atoms with Crippen LogP contribution >= 0.6 is 0 Å². The molecule has 0 aliphatic rings. The van der Waals surface area contributed by atoms with Crippen LogP contribution < -0.4 is 0 Å². The molecule has 0 spiro atoms. The molecule has 0 amide bonds.